The lowest BCUT2D eigenvalue weighted by Crippen LogP contribution is -2.23. The Morgan fingerprint density at radius 2 is 1.74 bits per heavy atom. The highest BCUT2D eigenvalue weighted by molar-refractivity contribution is 7.81. The van der Waals surface area contributed by atoms with Crippen LogP contribution in [0.2, 0.25) is 0 Å². The van der Waals surface area contributed by atoms with E-state index in [1.165, 1.54) is 11.4 Å². The monoisotopic (exact) mass is 383 g/mol. The van der Waals surface area contributed by atoms with Gasteiger partial charge in [0.05, 0.1) is 24.0 Å². The van der Waals surface area contributed by atoms with Crippen molar-refractivity contribution < 1.29 is 18.3 Å². The van der Waals surface area contributed by atoms with Gasteiger partial charge in [-0.05, 0) is 48.5 Å². The average Bonchev–Trinajstić information content (AvgIpc) is 2.69. The topological polar surface area (TPSA) is 91.8 Å². The molecule has 3 rings (SSSR count). The summed E-state index contributed by atoms with van der Waals surface area (Å²) >= 11 is -2.38. The van der Waals surface area contributed by atoms with Gasteiger partial charge in [-0.1, -0.05) is 12.1 Å². The summed E-state index contributed by atoms with van der Waals surface area (Å²) in [7, 11) is 1.54. The van der Waals surface area contributed by atoms with Gasteiger partial charge in [-0.15, -0.1) is 0 Å². The number of carbonyl (C=O) groups excluding carboxylic acids is 1. The molecule has 2 aromatic carbocycles. The molecule has 7 nitrogen and oxygen atoms in total. The molecule has 0 saturated heterocycles. The van der Waals surface area contributed by atoms with Crippen LogP contribution in [0.5, 0.6) is 5.75 Å². The van der Waals surface area contributed by atoms with Gasteiger partial charge in [0.1, 0.15) is 5.75 Å². The van der Waals surface area contributed by atoms with E-state index in [1.54, 1.807) is 73.1 Å². The van der Waals surface area contributed by atoms with Gasteiger partial charge in [0.2, 0.25) is 0 Å². The number of para-hydroxylation sites is 1. The van der Waals surface area contributed by atoms with Crippen LogP contribution in [0.3, 0.4) is 0 Å². The van der Waals surface area contributed by atoms with Crippen LogP contribution in [0.15, 0.2) is 73.1 Å². The number of aromatic nitrogens is 1. The molecule has 1 amide bonds. The first-order chi connectivity index (χ1) is 13.1. The molecule has 0 spiro atoms. The van der Waals surface area contributed by atoms with Crippen molar-refractivity contribution in [2.24, 2.45) is 0 Å². The van der Waals surface area contributed by atoms with Crippen molar-refractivity contribution in [3.05, 3.63) is 78.6 Å². The van der Waals surface area contributed by atoms with E-state index in [0.717, 1.165) is 0 Å². The first-order valence-corrected chi connectivity index (χ1v) is 9.02. The van der Waals surface area contributed by atoms with Gasteiger partial charge in [0.15, 0.2) is 0 Å². The van der Waals surface area contributed by atoms with E-state index in [1.807, 2.05) is 0 Å². The second-order valence-corrected chi connectivity index (χ2v) is 6.26. The molecule has 138 valence electrons. The first kappa shape index (κ1) is 18.6. The second-order valence-electron chi connectivity index (χ2n) is 5.43. The number of nitrogens with one attached hydrogen (secondary N) is 1. The quantitative estimate of drug-likeness (QED) is 0.635. The molecule has 0 aliphatic heterocycles. The molecule has 0 aliphatic carbocycles. The molecule has 1 heterocycles. The number of anilines is 3. The van der Waals surface area contributed by atoms with Crippen LogP contribution >= 0.6 is 0 Å². The lowest BCUT2D eigenvalue weighted by Gasteiger charge is -2.22. The zero-order valence-corrected chi connectivity index (χ0v) is 15.2. The van der Waals surface area contributed by atoms with Crippen molar-refractivity contribution in [3.8, 4) is 5.75 Å². The highest BCUT2D eigenvalue weighted by atomic mass is 32.2. The van der Waals surface area contributed by atoms with Crippen LogP contribution in [0, 0.1) is 0 Å². The zero-order chi connectivity index (χ0) is 19.2. The molecule has 2 N–H and O–H groups in total. The van der Waals surface area contributed by atoms with Gasteiger partial charge in [-0.25, -0.2) is 8.51 Å². The number of ether oxygens (including phenoxy) is 1. The largest absolute Gasteiger partial charge is 0.497 e. The van der Waals surface area contributed by atoms with Gasteiger partial charge in [-0.2, -0.15) is 0 Å². The van der Waals surface area contributed by atoms with Gasteiger partial charge >= 0.3 is 0 Å². The predicted octanol–water partition coefficient (Wildman–Crippen LogP) is 3.62. The number of methoxy groups -OCH3 is 1. The third-order valence-electron chi connectivity index (χ3n) is 3.77. The van der Waals surface area contributed by atoms with E-state index in [4.69, 9.17) is 4.74 Å². The van der Waals surface area contributed by atoms with Crippen molar-refractivity contribution in [1.29, 1.82) is 0 Å². The molecular formula is C19H17N3O4S. The number of amides is 1. The van der Waals surface area contributed by atoms with Crippen molar-refractivity contribution in [3.63, 3.8) is 0 Å². The van der Waals surface area contributed by atoms with E-state index in [0.29, 0.717) is 22.8 Å². The SMILES string of the molecule is COc1ccc(N(c2ccccc2C(=O)Nc2ccncc2)S(=O)O)cc1. The Bertz CT molecular complexity index is 949. The summed E-state index contributed by atoms with van der Waals surface area (Å²) in [6.07, 6.45) is 3.13. The van der Waals surface area contributed by atoms with Crippen LogP contribution in [0.25, 0.3) is 0 Å². The van der Waals surface area contributed by atoms with Crippen LogP contribution in [-0.2, 0) is 11.3 Å². The van der Waals surface area contributed by atoms with E-state index < -0.39 is 17.2 Å². The van der Waals surface area contributed by atoms with Crippen LogP contribution in [-0.4, -0.2) is 26.8 Å². The Morgan fingerprint density at radius 3 is 2.37 bits per heavy atom. The fraction of sp³-hybridized carbons (Fsp3) is 0.0526. The molecule has 1 atom stereocenters. The Labute approximate surface area is 159 Å². The van der Waals surface area contributed by atoms with Gasteiger partial charge in [-0.3, -0.25) is 14.3 Å². The minimum absolute atomic E-state index is 0.257. The van der Waals surface area contributed by atoms with Crippen molar-refractivity contribution in [2.75, 3.05) is 16.7 Å². The maximum atomic E-state index is 12.7. The summed E-state index contributed by atoms with van der Waals surface area (Å²) in [5.41, 5.74) is 1.58. The molecule has 0 saturated carbocycles. The number of rotatable bonds is 6. The summed E-state index contributed by atoms with van der Waals surface area (Å²) in [4.78, 5) is 16.6. The second kappa shape index (κ2) is 8.43. The zero-order valence-electron chi connectivity index (χ0n) is 14.4. The highest BCUT2D eigenvalue weighted by Crippen LogP contribution is 2.31. The van der Waals surface area contributed by atoms with Gasteiger partial charge in [0, 0.05) is 18.1 Å². The number of nitrogens with zero attached hydrogens (tertiary/aromatic N) is 2. The molecule has 1 unspecified atom stereocenters. The van der Waals surface area contributed by atoms with Crippen LogP contribution in [0.4, 0.5) is 17.1 Å². The van der Waals surface area contributed by atoms with Gasteiger partial charge < -0.3 is 10.1 Å². The molecule has 0 radical (unpaired) electrons. The first-order valence-electron chi connectivity index (χ1n) is 7.95. The molecule has 27 heavy (non-hydrogen) atoms. The van der Waals surface area contributed by atoms with E-state index in [9.17, 15) is 13.6 Å². The average molecular weight is 383 g/mol. The number of carbonyl (C=O) groups is 1. The smallest absolute Gasteiger partial charge is 0.266 e. The summed E-state index contributed by atoms with van der Waals surface area (Å²) in [6, 6.07) is 16.5. The molecule has 8 heteroatoms. The summed E-state index contributed by atoms with van der Waals surface area (Å²) < 4.78 is 28.2. The third-order valence-corrected chi connectivity index (χ3v) is 4.49. The van der Waals surface area contributed by atoms with Gasteiger partial charge in [0.25, 0.3) is 17.2 Å². The number of hydrogen-bond donors (Lipinski definition) is 2. The summed E-state index contributed by atoms with van der Waals surface area (Å²) in [6.45, 7) is 0. The summed E-state index contributed by atoms with van der Waals surface area (Å²) in [5.74, 6) is 0.215. The minimum atomic E-state index is -2.38. The van der Waals surface area contributed by atoms with E-state index in [2.05, 4.69) is 10.3 Å². The maximum Gasteiger partial charge on any atom is 0.266 e. The molecular weight excluding hydrogens is 366 g/mol. The van der Waals surface area contributed by atoms with Crippen LogP contribution < -0.4 is 14.4 Å². The molecule has 0 fully saturated rings. The maximum absolute atomic E-state index is 12.7. The Hall–Kier alpha value is -3.23. The number of hydrogen-bond acceptors (Lipinski definition) is 4. The summed E-state index contributed by atoms with van der Waals surface area (Å²) in [5, 5.41) is 2.76. The lowest BCUT2D eigenvalue weighted by atomic mass is 10.1. The molecule has 1 aromatic heterocycles. The lowest BCUT2D eigenvalue weighted by molar-refractivity contribution is 0.102. The minimum Gasteiger partial charge on any atom is -0.497 e. The fourth-order valence-corrected chi connectivity index (χ4v) is 3.14. The van der Waals surface area contributed by atoms with E-state index >= 15 is 0 Å². The van der Waals surface area contributed by atoms with Crippen molar-refractivity contribution in [2.45, 2.75) is 0 Å². The van der Waals surface area contributed by atoms with Crippen molar-refractivity contribution >= 4 is 34.2 Å². The predicted molar refractivity (Wildman–Crippen MR) is 105 cm³/mol. The molecule has 0 bridgehead atoms. The van der Waals surface area contributed by atoms with Crippen molar-refractivity contribution in [1.82, 2.24) is 4.98 Å². The van der Waals surface area contributed by atoms with Crippen LogP contribution in [0.1, 0.15) is 10.4 Å². The fourth-order valence-electron chi connectivity index (χ4n) is 2.51. The Morgan fingerprint density at radius 1 is 1.07 bits per heavy atom. The van der Waals surface area contributed by atoms with E-state index in [-0.39, 0.29) is 5.56 Å². The number of benzene rings is 2. The third kappa shape index (κ3) is 4.30. The standard InChI is InChI=1S/C19H17N3O4S/c1-26-16-8-6-15(7-9-16)22(27(24)25)18-5-3-2-4-17(18)19(23)21-14-10-12-20-13-11-14/h2-13H,1H3,(H,24,25)(H,20,21,23). The Balaban J connectivity index is 1.98. The Kier molecular flexibility index (Phi) is 5.80. The normalized spacial score (nSPS) is 11.5. The highest BCUT2D eigenvalue weighted by Gasteiger charge is 2.22. The number of pyridine rings is 1. The molecule has 0 aliphatic rings. The molecule has 3 aromatic rings.